The van der Waals surface area contributed by atoms with Crippen molar-refractivity contribution in [2.24, 2.45) is 28.6 Å². The number of ether oxygens (including phenoxy) is 1. The van der Waals surface area contributed by atoms with Gasteiger partial charge in [0.2, 0.25) is 0 Å². The lowest BCUT2D eigenvalue weighted by molar-refractivity contribution is -0.148. The van der Waals surface area contributed by atoms with E-state index in [0.717, 1.165) is 44.1 Å². The zero-order valence-electron chi connectivity index (χ0n) is 17.6. The average molecular weight is 371 g/mol. The van der Waals surface area contributed by atoms with E-state index in [1.165, 1.54) is 24.5 Å². The first-order valence-electron chi connectivity index (χ1n) is 10.7. The molecule has 3 heteroatoms. The van der Waals surface area contributed by atoms with Crippen LogP contribution >= 0.6 is 0 Å². The molecule has 0 aromatic heterocycles. The lowest BCUT2D eigenvalue weighted by atomic mass is 9.47. The van der Waals surface area contributed by atoms with Crippen LogP contribution in [-0.4, -0.2) is 17.9 Å². The van der Waals surface area contributed by atoms with E-state index in [9.17, 15) is 9.59 Å². The fourth-order valence-electron chi connectivity index (χ4n) is 7.59. The van der Waals surface area contributed by atoms with Crippen LogP contribution in [0.4, 0.5) is 0 Å². The molecule has 0 aliphatic heterocycles. The Hall–Kier alpha value is -1.38. The zero-order valence-corrected chi connectivity index (χ0v) is 17.6. The first-order chi connectivity index (χ1) is 12.7. The van der Waals surface area contributed by atoms with Gasteiger partial charge in [-0.2, -0.15) is 0 Å². The van der Waals surface area contributed by atoms with E-state index in [-0.39, 0.29) is 28.7 Å². The normalized spacial score (nSPS) is 43.4. The quantitative estimate of drug-likeness (QED) is 0.483. The molecule has 0 bridgehead atoms. The molecule has 0 amide bonds. The number of hydrogen-bond acceptors (Lipinski definition) is 3. The van der Waals surface area contributed by atoms with Crippen LogP contribution in [0.3, 0.4) is 0 Å². The van der Waals surface area contributed by atoms with Gasteiger partial charge in [0.15, 0.2) is 5.78 Å². The summed E-state index contributed by atoms with van der Waals surface area (Å²) in [7, 11) is 0. The second kappa shape index (κ2) is 6.32. The number of fused-ring (bicyclic) bond motifs is 5. The van der Waals surface area contributed by atoms with E-state index in [1.54, 1.807) is 6.92 Å². The standard InChI is InChI=1S/C24H34O3/c1-14-12-21-19-7-6-17-13-18(27-16(3)26)8-10-23(17,4)20(19)9-11-24(21,5)22(14)15(2)25/h6,18-21H,7-13H2,1-5H3/t18-,19+,20-,21+,23-,24-/m0/s1. The molecule has 0 spiro atoms. The number of allylic oxidation sites excluding steroid dienone is 3. The topological polar surface area (TPSA) is 43.4 Å². The molecule has 0 aromatic carbocycles. The molecule has 4 rings (SSSR count). The SMILES string of the molecule is CC(=O)O[C@H]1CC[C@@]2(C)C(=CC[C@H]3[C@H]4CC(C)=C(C(C)=O)[C@@]4(C)CC[C@@H]32)C1. The molecule has 4 aliphatic carbocycles. The number of ketones is 1. The zero-order chi connectivity index (χ0) is 19.6. The van der Waals surface area contributed by atoms with E-state index >= 15 is 0 Å². The molecule has 148 valence electrons. The summed E-state index contributed by atoms with van der Waals surface area (Å²) >= 11 is 0. The van der Waals surface area contributed by atoms with Gasteiger partial charge in [0.1, 0.15) is 6.10 Å². The van der Waals surface area contributed by atoms with Gasteiger partial charge in [-0.25, -0.2) is 0 Å². The highest BCUT2D eigenvalue weighted by Crippen LogP contribution is 2.66. The molecule has 3 nitrogen and oxygen atoms in total. The van der Waals surface area contributed by atoms with Crippen LogP contribution in [0.25, 0.3) is 0 Å². The van der Waals surface area contributed by atoms with Crippen molar-refractivity contribution < 1.29 is 14.3 Å². The summed E-state index contributed by atoms with van der Waals surface area (Å²) in [6, 6.07) is 0. The summed E-state index contributed by atoms with van der Waals surface area (Å²) in [4.78, 5) is 23.8. The van der Waals surface area contributed by atoms with Crippen molar-refractivity contribution in [3.63, 3.8) is 0 Å². The van der Waals surface area contributed by atoms with Gasteiger partial charge in [-0.3, -0.25) is 9.59 Å². The van der Waals surface area contributed by atoms with Crippen molar-refractivity contribution in [2.45, 2.75) is 85.7 Å². The van der Waals surface area contributed by atoms with Crippen molar-refractivity contribution >= 4 is 11.8 Å². The summed E-state index contributed by atoms with van der Waals surface area (Å²) in [5.41, 5.74) is 4.33. The third-order valence-corrected chi connectivity index (χ3v) is 8.66. The van der Waals surface area contributed by atoms with E-state index in [0.29, 0.717) is 17.8 Å². The highest BCUT2D eigenvalue weighted by Gasteiger charge is 2.58. The Labute approximate surface area is 163 Å². The number of carbonyl (C=O) groups excluding carboxylic acids is 2. The molecule has 2 saturated carbocycles. The fourth-order valence-corrected chi connectivity index (χ4v) is 7.59. The van der Waals surface area contributed by atoms with Crippen molar-refractivity contribution in [2.75, 3.05) is 0 Å². The Morgan fingerprint density at radius 3 is 2.41 bits per heavy atom. The van der Waals surface area contributed by atoms with E-state index in [4.69, 9.17) is 4.74 Å². The minimum absolute atomic E-state index is 0.0620. The van der Waals surface area contributed by atoms with Gasteiger partial charge in [-0.15, -0.1) is 0 Å². The van der Waals surface area contributed by atoms with E-state index in [2.05, 4.69) is 26.8 Å². The maximum atomic E-state index is 12.4. The van der Waals surface area contributed by atoms with Crippen LogP contribution in [0.5, 0.6) is 0 Å². The van der Waals surface area contributed by atoms with E-state index < -0.39 is 0 Å². The summed E-state index contributed by atoms with van der Waals surface area (Å²) in [6.45, 7) is 10.3. The molecular weight excluding hydrogens is 336 g/mol. The number of esters is 1. The Morgan fingerprint density at radius 1 is 1.04 bits per heavy atom. The van der Waals surface area contributed by atoms with Crippen LogP contribution in [0, 0.1) is 28.6 Å². The summed E-state index contributed by atoms with van der Waals surface area (Å²) < 4.78 is 5.54. The van der Waals surface area contributed by atoms with Crippen LogP contribution in [0.2, 0.25) is 0 Å². The lowest BCUT2D eigenvalue weighted by Gasteiger charge is -2.57. The van der Waals surface area contributed by atoms with Crippen molar-refractivity contribution in [3.8, 4) is 0 Å². The fraction of sp³-hybridized carbons (Fsp3) is 0.750. The highest BCUT2D eigenvalue weighted by atomic mass is 16.5. The smallest absolute Gasteiger partial charge is 0.302 e. The van der Waals surface area contributed by atoms with Crippen molar-refractivity contribution in [1.29, 1.82) is 0 Å². The lowest BCUT2D eigenvalue weighted by Crippen LogP contribution is -2.50. The van der Waals surface area contributed by atoms with Crippen LogP contribution in [0.1, 0.15) is 79.6 Å². The van der Waals surface area contributed by atoms with Gasteiger partial charge in [0, 0.05) is 13.3 Å². The second-order valence-corrected chi connectivity index (χ2v) is 10.1. The average Bonchev–Trinajstić information content (AvgIpc) is 2.85. The Balaban J connectivity index is 1.62. The van der Waals surface area contributed by atoms with Gasteiger partial charge in [0.05, 0.1) is 0 Å². The third kappa shape index (κ3) is 2.76. The summed E-state index contributed by atoms with van der Waals surface area (Å²) in [5, 5.41) is 0. The summed E-state index contributed by atoms with van der Waals surface area (Å²) in [5.74, 6) is 2.12. The monoisotopic (exact) mass is 370 g/mol. The summed E-state index contributed by atoms with van der Waals surface area (Å²) in [6.07, 6.45) is 10.1. The first-order valence-corrected chi connectivity index (χ1v) is 10.7. The number of Topliss-reactive ketones (excluding diaryl/α,β-unsaturated/α-hetero) is 1. The molecule has 4 aliphatic rings. The third-order valence-electron chi connectivity index (χ3n) is 8.66. The first kappa shape index (κ1) is 19.0. The predicted octanol–water partition coefficient (Wildman–Crippen LogP) is 5.40. The minimum Gasteiger partial charge on any atom is -0.462 e. The molecule has 6 atom stereocenters. The van der Waals surface area contributed by atoms with Gasteiger partial charge in [0.25, 0.3) is 0 Å². The van der Waals surface area contributed by atoms with Gasteiger partial charge in [-0.1, -0.05) is 31.1 Å². The molecule has 0 heterocycles. The molecule has 0 radical (unpaired) electrons. The van der Waals surface area contributed by atoms with Gasteiger partial charge in [-0.05, 0) is 86.5 Å². The second-order valence-electron chi connectivity index (χ2n) is 10.1. The van der Waals surface area contributed by atoms with Crippen LogP contribution < -0.4 is 0 Å². The predicted molar refractivity (Wildman–Crippen MR) is 106 cm³/mol. The van der Waals surface area contributed by atoms with E-state index in [1.807, 2.05) is 0 Å². The molecule has 0 N–H and O–H groups in total. The van der Waals surface area contributed by atoms with Crippen molar-refractivity contribution in [1.82, 2.24) is 0 Å². The largest absolute Gasteiger partial charge is 0.462 e. The molecular formula is C24H34O3. The number of hydrogen-bond donors (Lipinski definition) is 0. The van der Waals surface area contributed by atoms with Gasteiger partial charge >= 0.3 is 5.97 Å². The molecule has 2 fully saturated rings. The molecule has 27 heavy (non-hydrogen) atoms. The highest BCUT2D eigenvalue weighted by molar-refractivity contribution is 5.96. The molecule has 0 unspecified atom stereocenters. The van der Waals surface area contributed by atoms with Crippen LogP contribution in [-0.2, 0) is 14.3 Å². The van der Waals surface area contributed by atoms with Crippen LogP contribution in [0.15, 0.2) is 22.8 Å². The Morgan fingerprint density at radius 2 is 1.74 bits per heavy atom. The number of rotatable bonds is 2. The Bertz CT molecular complexity index is 745. The Kier molecular flexibility index (Phi) is 4.44. The molecule has 0 aromatic rings. The molecule has 0 saturated heterocycles. The van der Waals surface area contributed by atoms with Gasteiger partial charge < -0.3 is 4.74 Å². The number of carbonyl (C=O) groups is 2. The maximum absolute atomic E-state index is 12.4. The minimum atomic E-state index is -0.157. The van der Waals surface area contributed by atoms with Crippen molar-refractivity contribution in [3.05, 3.63) is 22.8 Å². The maximum Gasteiger partial charge on any atom is 0.302 e.